The Morgan fingerprint density at radius 1 is 0.323 bits per heavy atom. The average Bonchev–Trinajstić information content (AvgIpc) is 3.22. The largest absolute Gasteiger partial charge is 0.508 e. The summed E-state index contributed by atoms with van der Waals surface area (Å²) in [7, 11) is 5.14. The highest BCUT2D eigenvalue weighted by Gasteiger charge is 2.19. The number of hydrogen-bond donors (Lipinski definition) is 0. The summed E-state index contributed by atoms with van der Waals surface area (Å²) >= 11 is 0. The van der Waals surface area contributed by atoms with E-state index in [1.165, 1.54) is 88.7 Å². The Morgan fingerprint density at radius 2 is 0.462 bits per heavy atom. The number of rotatable bonds is 0. The monoisotopic (exact) mass is 901 g/mol. The van der Waals surface area contributed by atoms with E-state index in [4.69, 9.17) is 18.9 Å². The molecule has 12 heteroatoms. The molecule has 0 spiro atoms. The van der Waals surface area contributed by atoms with Gasteiger partial charge in [0.2, 0.25) is 0 Å². The fourth-order valence-corrected chi connectivity index (χ4v) is 5.74. The zero-order chi connectivity index (χ0) is 49.8. The van der Waals surface area contributed by atoms with Gasteiger partial charge in [0.05, 0.1) is 28.4 Å². The summed E-state index contributed by atoms with van der Waals surface area (Å²) in [5.41, 5.74) is -1.81. The highest BCUT2D eigenvalue weighted by atomic mass is 16.7. The average molecular weight is 901 g/mol. The molecule has 12 nitrogen and oxygen atoms in total. The summed E-state index contributed by atoms with van der Waals surface area (Å²) in [5.74, 6) is 0. The smallest absolute Gasteiger partial charge is 0.438 e. The van der Waals surface area contributed by atoms with Gasteiger partial charge in [-0.3, -0.25) is 0 Å². The van der Waals surface area contributed by atoms with Gasteiger partial charge < -0.3 is 37.9 Å². The van der Waals surface area contributed by atoms with Crippen molar-refractivity contribution in [2.24, 2.45) is 0 Å². The lowest BCUT2D eigenvalue weighted by atomic mass is 9.87. The summed E-state index contributed by atoms with van der Waals surface area (Å²) in [6.07, 6.45) is -1.30. The van der Waals surface area contributed by atoms with Gasteiger partial charge in [-0.2, -0.15) is 0 Å². The normalized spacial score (nSPS) is 10.9. The third kappa shape index (κ3) is 20.4. The lowest BCUT2D eigenvalue weighted by molar-refractivity contribution is 0.00219. The van der Waals surface area contributed by atoms with Crippen LogP contribution >= 0.6 is 0 Å². The molecule has 356 valence electrons. The van der Waals surface area contributed by atoms with E-state index in [0.717, 1.165) is 0 Å². The summed E-state index contributed by atoms with van der Waals surface area (Å²) in [6, 6.07) is 35.3. The molecular formula is C53H72O12. The van der Waals surface area contributed by atoms with Crippen LogP contribution in [-0.4, -0.2) is 75.5 Å². The summed E-state index contributed by atoms with van der Waals surface area (Å²) in [4.78, 5) is 41.5. The molecule has 0 aliphatic rings. The van der Waals surface area contributed by atoms with Crippen LogP contribution in [0.4, 0.5) is 19.2 Å². The third-order valence-electron chi connectivity index (χ3n) is 7.84. The van der Waals surface area contributed by atoms with Crippen molar-refractivity contribution in [2.75, 3.05) is 28.4 Å². The van der Waals surface area contributed by atoms with Crippen molar-refractivity contribution >= 4 is 78.5 Å². The molecule has 0 aliphatic carbocycles. The van der Waals surface area contributed by atoms with Crippen LogP contribution in [0.3, 0.4) is 0 Å². The van der Waals surface area contributed by atoms with Crippen molar-refractivity contribution < 1.29 is 57.1 Å². The van der Waals surface area contributed by atoms with Crippen molar-refractivity contribution in [3.8, 4) is 0 Å². The van der Waals surface area contributed by atoms with Crippen LogP contribution in [0.5, 0.6) is 0 Å². The minimum absolute atomic E-state index is 0.451. The predicted molar refractivity (Wildman–Crippen MR) is 263 cm³/mol. The summed E-state index contributed by atoms with van der Waals surface area (Å²) < 4.78 is 36.0. The second-order valence-corrected chi connectivity index (χ2v) is 18.3. The molecule has 0 radical (unpaired) electrons. The maximum atomic E-state index is 10.4. The first-order valence-electron chi connectivity index (χ1n) is 21.4. The zero-order valence-corrected chi connectivity index (χ0v) is 41.8. The first-order chi connectivity index (χ1) is 30.2. The van der Waals surface area contributed by atoms with Crippen molar-refractivity contribution in [1.82, 2.24) is 0 Å². The first-order valence-corrected chi connectivity index (χ1v) is 21.4. The van der Waals surface area contributed by atoms with Gasteiger partial charge in [-0.05, 0) is 137 Å². The number of fused-ring (bicyclic) bond motifs is 11. The van der Waals surface area contributed by atoms with Gasteiger partial charge in [-0.1, -0.05) is 117 Å². The zero-order valence-electron chi connectivity index (χ0n) is 41.8. The number of hydrogen-bond acceptors (Lipinski definition) is 12. The molecule has 0 amide bonds. The van der Waals surface area contributed by atoms with Crippen LogP contribution in [0, 0.1) is 0 Å². The standard InChI is InChI=1S/C26H16.4C6H12O3.C3H8/c1-5-13-21-17(9-1)18-10-2-6-14-22(18)26-24-16-8-4-12-20(24)19-11-3-7-15-23(19)25(21)26;4*1-6(2,3)9-5(7)8-4;1-3-2/h1-16H;4*1-4H3;3H2,1-2H3. The maximum Gasteiger partial charge on any atom is 0.508 e. The molecule has 0 unspecified atom stereocenters. The Kier molecular flexibility index (Phi) is 22.6. The molecule has 0 aromatic heterocycles. The molecule has 0 bridgehead atoms. The fraction of sp³-hybridized carbons (Fsp3) is 0.434. The number of carbonyl (C=O) groups excluding carboxylic acids is 4. The lowest BCUT2D eigenvalue weighted by Crippen LogP contribution is -2.23. The van der Waals surface area contributed by atoms with E-state index in [9.17, 15) is 19.2 Å². The topological polar surface area (TPSA) is 142 Å². The lowest BCUT2D eigenvalue weighted by Gasteiger charge is -2.17. The molecule has 0 fully saturated rings. The van der Waals surface area contributed by atoms with E-state index in [2.05, 4.69) is 130 Å². The number of benzene rings is 6. The SMILES string of the molecule is CCC.COC(=O)OC(C)(C)C.COC(=O)OC(C)(C)C.COC(=O)OC(C)(C)C.COC(=O)OC(C)(C)C.c1ccc2c(c1)c1ccccc1c1c3ccccc3c3ccccc3c21. The minimum atomic E-state index is -0.637. The van der Waals surface area contributed by atoms with Crippen LogP contribution < -0.4 is 0 Å². The van der Waals surface area contributed by atoms with Crippen LogP contribution in [0.25, 0.3) is 53.9 Å². The Hall–Kier alpha value is -6.30. The van der Waals surface area contributed by atoms with Crippen LogP contribution in [-0.2, 0) is 37.9 Å². The molecular weight excluding hydrogens is 829 g/mol. The van der Waals surface area contributed by atoms with Gasteiger partial charge in [0.25, 0.3) is 0 Å². The fourth-order valence-electron chi connectivity index (χ4n) is 5.74. The highest BCUT2D eigenvalue weighted by molar-refractivity contribution is 6.39. The number of carbonyl (C=O) groups is 4. The van der Waals surface area contributed by atoms with Crippen molar-refractivity contribution in [3.63, 3.8) is 0 Å². The summed E-state index contributed by atoms with van der Waals surface area (Å²) in [5, 5.41) is 13.4. The Balaban J connectivity index is 0.000000455. The summed E-state index contributed by atoms with van der Waals surface area (Å²) in [6.45, 7) is 25.6. The van der Waals surface area contributed by atoms with Gasteiger partial charge in [-0.25, -0.2) is 19.2 Å². The third-order valence-corrected chi connectivity index (χ3v) is 7.84. The quantitative estimate of drug-likeness (QED) is 0.0813. The Morgan fingerprint density at radius 3 is 0.569 bits per heavy atom. The van der Waals surface area contributed by atoms with E-state index in [0.29, 0.717) is 0 Å². The molecule has 0 saturated carbocycles. The first kappa shape index (κ1) is 56.7. The second-order valence-electron chi connectivity index (χ2n) is 18.3. The molecule has 0 atom stereocenters. The molecule has 6 rings (SSSR count). The van der Waals surface area contributed by atoms with E-state index in [-0.39, 0.29) is 0 Å². The van der Waals surface area contributed by atoms with E-state index < -0.39 is 47.0 Å². The molecule has 0 heterocycles. The predicted octanol–water partition coefficient (Wildman–Crippen LogP) is 15.1. The van der Waals surface area contributed by atoms with Crippen LogP contribution in [0.2, 0.25) is 0 Å². The molecule has 0 saturated heterocycles. The Bertz CT molecular complexity index is 2110. The van der Waals surface area contributed by atoms with Gasteiger partial charge in [0, 0.05) is 0 Å². The van der Waals surface area contributed by atoms with E-state index in [1.807, 2.05) is 0 Å². The van der Waals surface area contributed by atoms with Crippen molar-refractivity contribution in [2.45, 2.75) is 126 Å². The molecule has 0 aliphatic heterocycles. The second kappa shape index (κ2) is 25.9. The number of methoxy groups -OCH3 is 4. The van der Waals surface area contributed by atoms with Gasteiger partial charge in [0.1, 0.15) is 22.4 Å². The van der Waals surface area contributed by atoms with Gasteiger partial charge >= 0.3 is 24.6 Å². The number of ether oxygens (including phenoxy) is 8. The molecule has 0 N–H and O–H groups in total. The van der Waals surface area contributed by atoms with E-state index in [1.54, 1.807) is 83.1 Å². The van der Waals surface area contributed by atoms with Crippen molar-refractivity contribution in [3.05, 3.63) is 97.1 Å². The van der Waals surface area contributed by atoms with Gasteiger partial charge in [-0.15, -0.1) is 0 Å². The van der Waals surface area contributed by atoms with Gasteiger partial charge in [0.15, 0.2) is 0 Å². The molecule has 65 heavy (non-hydrogen) atoms. The van der Waals surface area contributed by atoms with Crippen molar-refractivity contribution in [1.29, 1.82) is 0 Å². The minimum Gasteiger partial charge on any atom is -0.438 e. The van der Waals surface area contributed by atoms with Crippen LogP contribution in [0.1, 0.15) is 103 Å². The Labute approximate surface area is 385 Å². The van der Waals surface area contributed by atoms with E-state index >= 15 is 0 Å². The molecule has 6 aromatic rings. The highest BCUT2D eigenvalue weighted by Crippen LogP contribution is 2.43. The van der Waals surface area contributed by atoms with Crippen LogP contribution in [0.15, 0.2) is 97.1 Å². The molecule has 6 aromatic carbocycles. The maximum absolute atomic E-state index is 10.4.